The molecule has 0 spiro atoms. The largest absolute Gasteiger partial charge is 0.324 e. The van der Waals surface area contributed by atoms with Gasteiger partial charge in [-0.05, 0) is 48.5 Å². The van der Waals surface area contributed by atoms with Crippen molar-refractivity contribution in [1.29, 1.82) is 0 Å². The number of nitrogens with one attached hydrogen (secondary N) is 1. The molecular formula is C23H17Cl2N3O3S. The van der Waals surface area contributed by atoms with Crippen LogP contribution < -0.4 is 5.32 Å². The van der Waals surface area contributed by atoms with Gasteiger partial charge in [0, 0.05) is 21.3 Å². The van der Waals surface area contributed by atoms with Crippen LogP contribution in [0.5, 0.6) is 0 Å². The second-order valence-electron chi connectivity index (χ2n) is 6.89. The molecule has 0 aliphatic carbocycles. The number of para-hydroxylation sites is 1. The van der Waals surface area contributed by atoms with Gasteiger partial charge in [-0.1, -0.05) is 53.5 Å². The highest BCUT2D eigenvalue weighted by molar-refractivity contribution is 7.91. The molecule has 0 unspecified atom stereocenters. The molecule has 1 N–H and O–H groups in total. The molecule has 0 atom stereocenters. The minimum Gasteiger partial charge on any atom is -0.324 e. The lowest BCUT2D eigenvalue weighted by Gasteiger charge is -2.11. The number of carbonyl (C=O) groups excluding carboxylic acids is 1. The second kappa shape index (κ2) is 9.16. The number of hydrogen-bond donors (Lipinski definition) is 1. The number of aromatic nitrogens is 2. The molecule has 0 saturated carbocycles. The zero-order valence-electron chi connectivity index (χ0n) is 16.6. The Kier molecular flexibility index (Phi) is 6.32. The van der Waals surface area contributed by atoms with Crippen LogP contribution in [-0.2, 0) is 21.2 Å². The lowest BCUT2D eigenvalue weighted by atomic mass is 10.1. The third kappa shape index (κ3) is 4.70. The molecule has 1 aromatic heterocycles. The maximum atomic E-state index is 13.4. The summed E-state index contributed by atoms with van der Waals surface area (Å²) in [6.45, 7) is -0.178. The Bertz CT molecular complexity index is 1350. The lowest BCUT2D eigenvalue weighted by molar-refractivity contribution is -0.116. The average Bonchev–Trinajstić information content (AvgIpc) is 3.19. The number of benzene rings is 3. The van der Waals surface area contributed by atoms with Crippen LogP contribution in [-0.4, -0.2) is 24.1 Å². The molecule has 4 rings (SSSR count). The minimum absolute atomic E-state index is 0.0188. The van der Waals surface area contributed by atoms with Gasteiger partial charge < -0.3 is 5.32 Å². The molecule has 1 amide bonds. The number of amides is 1. The summed E-state index contributed by atoms with van der Waals surface area (Å²) in [7, 11) is -3.93. The number of nitrogens with zero attached hydrogens (tertiary/aromatic N) is 2. The molecular weight excluding hydrogens is 469 g/mol. The Morgan fingerprint density at radius 3 is 2.09 bits per heavy atom. The Labute approximate surface area is 195 Å². The lowest BCUT2D eigenvalue weighted by Crippen LogP contribution is -2.20. The van der Waals surface area contributed by atoms with E-state index in [4.69, 9.17) is 23.2 Å². The number of halogens is 2. The summed E-state index contributed by atoms with van der Waals surface area (Å²) in [5.74, 6) is -0.343. The summed E-state index contributed by atoms with van der Waals surface area (Å²) in [4.78, 5) is 12.7. The van der Waals surface area contributed by atoms with Crippen LogP contribution in [0, 0.1) is 0 Å². The Balaban J connectivity index is 1.76. The zero-order chi connectivity index (χ0) is 22.7. The molecule has 9 heteroatoms. The minimum atomic E-state index is -3.93. The van der Waals surface area contributed by atoms with Crippen molar-refractivity contribution in [3.8, 4) is 11.3 Å². The maximum absolute atomic E-state index is 13.4. The van der Waals surface area contributed by atoms with E-state index in [0.29, 0.717) is 27.0 Å². The van der Waals surface area contributed by atoms with Gasteiger partial charge in [-0.3, -0.25) is 9.48 Å². The smallest absolute Gasteiger partial charge is 0.246 e. The predicted octanol–water partition coefficient (Wildman–Crippen LogP) is 5.33. The van der Waals surface area contributed by atoms with Crippen LogP contribution in [0.4, 0.5) is 5.69 Å². The molecule has 3 aromatic carbocycles. The molecule has 32 heavy (non-hydrogen) atoms. The number of rotatable bonds is 6. The molecule has 4 aromatic rings. The van der Waals surface area contributed by atoms with Crippen molar-refractivity contribution in [2.45, 2.75) is 16.3 Å². The topological polar surface area (TPSA) is 81.1 Å². The van der Waals surface area contributed by atoms with Gasteiger partial charge in [-0.2, -0.15) is 5.10 Å². The molecule has 1 heterocycles. The van der Waals surface area contributed by atoms with Gasteiger partial charge in [-0.25, -0.2) is 8.42 Å². The van der Waals surface area contributed by atoms with E-state index in [1.807, 2.05) is 6.07 Å². The van der Waals surface area contributed by atoms with Gasteiger partial charge in [0.05, 0.1) is 16.8 Å². The van der Waals surface area contributed by atoms with E-state index < -0.39 is 9.84 Å². The molecule has 0 aliphatic rings. The summed E-state index contributed by atoms with van der Waals surface area (Å²) in [5, 5.41) is 7.93. The number of anilines is 1. The van der Waals surface area contributed by atoms with Gasteiger partial charge in [0.1, 0.15) is 11.4 Å². The summed E-state index contributed by atoms with van der Waals surface area (Å²) >= 11 is 11.9. The van der Waals surface area contributed by atoms with Gasteiger partial charge in [0.25, 0.3) is 0 Å². The van der Waals surface area contributed by atoms with Gasteiger partial charge in [0.15, 0.2) is 0 Å². The van der Waals surface area contributed by atoms with E-state index in [2.05, 4.69) is 10.4 Å². The van der Waals surface area contributed by atoms with Crippen LogP contribution in [0.3, 0.4) is 0 Å². The van der Waals surface area contributed by atoms with Crippen LogP contribution >= 0.6 is 23.2 Å². The second-order valence-corrected chi connectivity index (χ2v) is 9.68. The highest BCUT2D eigenvalue weighted by atomic mass is 35.5. The van der Waals surface area contributed by atoms with Crippen molar-refractivity contribution in [1.82, 2.24) is 9.78 Å². The van der Waals surface area contributed by atoms with Gasteiger partial charge >= 0.3 is 0 Å². The van der Waals surface area contributed by atoms with E-state index in [0.717, 1.165) is 0 Å². The summed E-state index contributed by atoms with van der Waals surface area (Å²) < 4.78 is 28.1. The molecule has 0 bridgehead atoms. The Morgan fingerprint density at radius 1 is 0.875 bits per heavy atom. The molecule has 162 valence electrons. The highest BCUT2D eigenvalue weighted by Crippen LogP contribution is 2.32. The number of hydrogen-bond acceptors (Lipinski definition) is 4. The van der Waals surface area contributed by atoms with Crippen molar-refractivity contribution in [2.24, 2.45) is 0 Å². The van der Waals surface area contributed by atoms with Crippen LogP contribution in [0.25, 0.3) is 11.3 Å². The number of carbonyl (C=O) groups is 1. The first-order valence-corrected chi connectivity index (χ1v) is 11.8. The van der Waals surface area contributed by atoms with Crippen LogP contribution in [0.1, 0.15) is 0 Å². The first kappa shape index (κ1) is 22.1. The fourth-order valence-electron chi connectivity index (χ4n) is 3.18. The van der Waals surface area contributed by atoms with E-state index >= 15 is 0 Å². The number of sulfone groups is 1. The summed E-state index contributed by atoms with van der Waals surface area (Å²) in [5.41, 5.74) is 1.48. The van der Waals surface area contributed by atoms with Crippen LogP contribution in [0.2, 0.25) is 10.0 Å². The van der Waals surface area contributed by atoms with Crippen molar-refractivity contribution < 1.29 is 13.2 Å². The fourth-order valence-corrected chi connectivity index (χ4v) is 4.85. The maximum Gasteiger partial charge on any atom is 0.246 e. The fraction of sp³-hybridized carbons (Fsp3) is 0.0435. The van der Waals surface area contributed by atoms with Crippen molar-refractivity contribution >= 4 is 44.6 Å². The monoisotopic (exact) mass is 485 g/mol. The van der Waals surface area contributed by atoms with Gasteiger partial charge in [0.2, 0.25) is 15.7 Å². The van der Waals surface area contributed by atoms with E-state index in [-0.39, 0.29) is 22.2 Å². The molecule has 6 nitrogen and oxygen atoms in total. The van der Waals surface area contributed by atoms with Crippen molar-refractivity contribution in [3.63, 3.8) is 0 Å². The molecule has 0 saturated heterocycles. The zero-order valence-corrected chi connectivity index (χ0v) is 18.9. The van der Waals surface area contributed by atoms with Crippen LogP contribution in [0.15, 0.2) is 94.9 Å². The summed E-state index contributed by atoms with van der Waals surface area (Å²) in [6, 6.07) is 21.5. The van der Waals surface area contributed by atoms with E-state index in [1.165, 1.54) is 35.1 Å². The third-order valence-corrected chi connectivity index (χ3v) is 6.96. The molecule has 0 radical (unpaired) electrons. The quantitative estimate of drug-likeness (QED) is 0.400. The third-order valence-electron chi connectivity index (χ3n) is 4.69. The van der Waals surface area contributed by atoms with Gasteiger partial charge in [-0.15, -0.1) is 0 Å². The SMILES string of the molecule is O=C(Cn1ncc(S(=O)(=O)c2ccc(Cl)cc2)c1-c1ccc(Cl)cc1)Nc1ccccc1. The normalized spacial score (nSPS) is 11.3. The molecule has 0 fully saturated rings. The molecule has 0 aliphatic heterocycles. The average molecular weight is 486 g/mol. The first-order valence-electron chi connectivity index (χ1n) is 9.52. The predicted molar refractivity (Wildman–Crippen MR) is 125 cm³/mol. The van der Waals surface area contributed by atoms with Crippen molar-refractivity contribution in [3.05, 3.63) is 95.1 Å². The Hall–Kier alpha value is -3.13. The summed E-state index contributed by atoms with van der Waals surface area (Å²) in [6.07, 6.45) is 1.25. The van der Waals surface area contributed by atoms with E-state index in [1.54, 1.807) is 48.5 Å². The Morgan fingerprint density at radius 2 is 1.47 bits per heavy atom. The first-order chi connectivity index (χ1) is 15.3. The van der Waals surface area contributed by atoms with E-state index in [9.17, 15) is 13.2 Å². The standard InChI is InChI=1S/C23H17Cl2N3O3S/c24-17-8-6-16(7-9-17)23-21(32(30,31)20-12-10-18(25)11-13-20)14-26-28(23)15-22(29)27-19-4-2-1-3-5-19/h1-14H,15H2,(H,27,29). The highest BCUT2D eigenvalue weighted by Gasteiger charge is 2.27. The van der Waals surface area contributed by atoms with Crippen molar-refractivity contribution in [2.75, 3.05) is 5.32 Å².